The fourth-order valence-corrected chi connectivity index (χ4v) is 3.65. The monoisotopic (exact) mass is 168 g/mol. The van der Waals surface area contributed by atoms with Crippen LogP contribution in [0, 0.1) is 23.2 Å². The van der Waals surface area contributed by atoms with Gasteiger partial charge in [-0.3, -0.25) is 0 Å². The molecule has 1 N–H and O–H groups in total. The van der Waals surface area contributed by atoms with Crippen molar-refractivity contribution in [2.45, 2.75) is 46.1 Å². The van der Waals surface area contributed by atoms with Crippen molar-refractivity contribution in [3.8, 4) is 0 Å². The zero-order valence-electron chi connectivity index (χ0n) is 8.38. The first-order valence-corrected chi connectivity index (χ1v) is 5.18. The summed E-state index contributed by atoms with van der Waals surface area (Å²) in [5.74, 6) is 2.23. The van der Waals surface area contributed by atoms with Gasteiger partial charge in [0.1, 0.15) is 0 Å². The van der Waals surface area contributed by atoms with Gasteiger partial charge in [0, 0.05) is 0 Å². The van der Waals surface area contributed by atoms with E-state index in [0.717, 1.165) is 18.3 Å². The standard InChI is InChI=1S/C11H20O/c1-11(2,3)10-7-4-5-8(10)9(12)6-7/h7-10,12H,4-6H2,1-3H3/t7-,8+,9+,10?/m0/s1. The summed E-state index contributed by atoms with van der Waals surface area (Å²) in [6.07, 6.45) is 3.73. The van der Waals surface area contributed by atoms with Gasteiger partial charge in [-0.05, 0) is 42.4 Å². The minimum absolute atomic E-state index is 0.0213. The lowest BCUT2D eigenvalue weighted by atomic mass is 9.74. The van der Waals surface area contributed by atoms with E-state index in [9.17, 15) is 5.11 Å². The van der Waals surface area contributed by atoms with E-state index in [2.05, 4.69) is 20.8 Å². The summed E-state index contributed by atoms with van der Waals surface area (Å²) in [6, 6.07) is 0. The Kier molecular flexibility index (Phi) is 1.76. The van der Waals surface area contributed by atoms with Crippen molar-refractivity contribution in [2.75, 3.05) is 0 Å². The Bertz CT molecular complexity index is 180. The van der Waals surface area contributed by atoms with E-state index in [-0.39, 0.29) is 6.10 Å². The highest BCUT2D eigenvalue weighted by Crippen LogP contribution is 2.56. The van der Waals surface area contributed by atoms with Gasteiger partial charge in [0.05, 0.1) is 6.10 Å². The average molecular weight is 168 g/mol. The van der Waals surface area contributed by atoms with Gasteiger partial charge in [-0.15, -0.1) is 0 Å². The van der Waals surface area contributed by atoms with E-state index in [0.29, 0.717) is 11.3 Å². The second kappa shape index (κ2) is 2.47. The fraction of sp³-hybridized carbons (Fsp3) is 1.00. The molecule has 0 amide bonds. The zero-order valence-corrected chi connectivity index (χ0v) is 8.38. The van der Waals surface area contributed by atoms with E-state index in [1.54, 1.807) is 0 Å². The van der Waals surface area contributed by atoms with Crippen LogP contribution in [0.5, 0.6) is 0 Å². The van der Waals surface area contributed by atoms with Gasteiger partial charge >= 0.3 is 0 Å². The fourth-order valence-electron chi connectivity index (χ4n) is 3.65. The molecule has 2 aliphatic rings. The number of aliphatic hydroxyl groups excluding tert-OH is 1. The van der Waals surface area contributed by atoms with Gasteiger partial charge in [-0.1, -0.05) is 20.8 Å². The second-order valence-electron chi connectivity index (χ2n) is 5.70. The SMILES string of the molecule is CC(C)(C)C1[C@H]2CC[C@@H]1[C@H](O)C2. The van der Waals surface area contributed by atoms with Crippen molar-refractivity contribution in [1.29, 1.82) is 0 Å². The van der Waals surface area contributed by atoms with Crippen molar-refractivity contribution in [1.82, 2.24) is 0 Å². The van der Waals surface area contributed by atoms with Crippen molar-refractivity contribution >= 4 is 0 Å². The minimum atomic E-state index is 0.0213. The molecular weight excluding hydrogens is 148 g/mol. The first kappa shape index (κ1) is 8.55. The summed E-state index contributed by atoms with van der Waals surface area (Å²) in [4.78, 5) is 0. The molecule has 0 heterocycles. The Morgan fingerprint density at radius 1 is 1.17 bits per heavy atom. The Labute approximate surface area is 75.2 Å². The summed E-state index contributed by atoms with van der Waals surface area (Å²) < 4.78 is 0. The van der Waals surface area contributed by atoms with Gasteiger partial charge in [0.2, 0.25) is 0 Å². The molecule has 0 aliphatic heterocycles. The van der Waals surface area contributed by atoms with Crippen LogP contribution in [0.1, 0.15) is 40.0 Å². The average Bonchev–Trinajstić information content (AvgIpc) is 2.39. The predicted molar refractivity (Wildman–Crippen MR) is 49.8 cm³/mol. The van der Waals surface area contributed by atoms with Crippen LogP contribution < -0.4 is 0 Å². The van der Waals surface area contributed by atoms with Crippen LogP contribution in [0.3, 0.4) is 0 Å². The number of rotatable bonds is 0. The third-order valence-electron chi connectivity index (χ3n) is 3.88. The van der Waals surface area contributed by atoms with E-state index >= 15 is 0 Å². The highest BCUT2D eigenvalue weighted by Gasteiger charge is 2.51. The van der Waals surface area contributed by atoms with Crippen LogP contribution in [0.15, 0.2) is 0 Å². The molecule has 0 aromatic carbocycles. The summed E-state index contributed by atoms with van der Waals surface area (Å²) in [6.45, 7) is 6.96. The summed E-state index contributed by atoms with van der Waals surface area (Å²) in [5.41, 5.74) is 0.406. The summed E-state index contributed by atoms with van der Waals surface area (Å²) in [5, 5.41) is 9.75. The maximum Gasteiger partial charge on any atom is 0.0574 e. The Morgan fingerprint density at radius 2 is 1.83 bits per heavy atom. The molecular formula is C11H20O. The molecule has 4 atom stereocenters. The minimum Gasteiger partial charge on any atom is -0.393 e. The maximum atomic E-state index is 9.75. The van der Waals surface area contributed by atoms with Gasteiger partial charge in [0.15, 0.2) is 0 Å². The molecule has 12 heavy (non-hydrogen) atoms. The van der Waals surface area contributed by atoms with Crippen LogP contribution >= 0.6 is 0 Å². The smallest absolute Gasteiger partial charge is 0.0574 e. The lowest BCUT2D eigenvalue weighted by Crippen LogP contribution is -2.26. The number of fused-ring (bicyclic) bond motifs is 2. The lowest BCUT2D eigenvalue weighted by molar-refractivity contribution is 0.0889. The van der Waals surface area contributed by atoms with Crippen molar-refractivity contribution in [3.63, 3.8) is 0 Å². The maximum absolute atomic E-state index is 9.75. The lowest BCUT2D eigenvalue weighted by Gasteiger charge is -2.31. The van der Waals surface area contributed by atoms with Crippen LogP contribution in [-0.2, 0) is 0 Å². The molecule has 0 aromatic heterocycles. The van der Waals surface area contributed by atoms with Crippen LogP contribution in [0.2, 0.25) is 0 Å². The van der Waals surface area contributed by atoms with E-state index in [1.165, 1.54) is 12.8 Å². The Hall–Kier alpha value is -0.0400. The van der Waals surface area contributed by atoms with E-state index in [1.807, 2.05) is 0 Å². The molecule has 70 valence electrons. The molecule has 0 spiro atoms. The molecule has 0 saturated heterocycles. The van der Waals surface area contributed by atoms with Crippen molar-refractivity contribution in [3.05, 3.63) is 0 Å². The summed E-state index contributed by atoms with van der Waals surface area (Å²) in [7, 11) is 0. The number of aliphatic hydroxyl groups is 1. The molecule has 2 aliphatic carbocycles. The number of hydrogen-bond acceptors (Lipinski definition) is 1. The normalized spacial score (nSPS) is 47.0. The van der Waals surface area contributed by atoms with Gasteiger partial charge < -0.3 is 5.11 Å². The molecule has 2 bridgehead atoms. The van der Waals surface area contributed by atoms with E-state index < -0.39 is 0 Å². The van der Waals surface area contributed by atoms with Crippen LogP contribution in [0.4, 0.5) is 0 Å². The van der Waals surface area contributed by atoms with Crippen LogP contribution in [-0.4, -0.2) is 11.2 Å². The molecule has 0 aromatic rings. The van der Waals surface area contributed by atoms with Gasteiger partial charge in [-0.2, -0.15) is 0 Å². The highest BCUT2D eigenvalue weighted by atomic mass is 16.3. The molecule has 1 nitrogen and oxygen atoms in total. The molecule has 2 saturated carbocycles. The predicted octanol–water partition coefficient (Wildman–Crippen LogP) is 2.44. The van der Waals surface area contributed by atoms with Crippen molar-refractivity contribution < 1.29 is 5.11 Å². The Balaban J connectivity index is 2.19. The van der Waals surface area contributed by atoms with Gasteiger partial charge in [0.25, 0.3) is 0 Å². The van der Waals surface area contributed by atoms with Crippen molar-refractivity contribution in [2.24, 2.45) is 23.2 Å². The first-order valence-electron chi connectivity index (χ1n) is 5.18. The largest absolute Gasteiger partial charge is 0.393 e. The zero-order chi connectivity index (χ0) is 8.93. The third-order valence-corrected chi connectivity index (χ3v) is 3.88. The second-order valence-corrected chi connectivity index (χ2v) is 5.70. The third kappa shape index (κ3) is 1.10. The highest BCUT2D eigenvalue weighted by molar-refractivity contribution is 5.00. The van der Waals surface area contributed by atoms with Crippen LogP contribution in [0.25, 0.3) is 0 Å². The molecule has 2 rings (SSSR count). The topological polar surface area (TPSA) is 20.2 Å². The first-order chi connectivity index (χ1) is 5.50. The Morgan fingerprint density at radius 3 is 2.08 bits per heavy atom. The quantitative estimate of drug-likeness (QED) is 0.589. The molecule has 0 radical (unpaired) electrons. The molecule has 1 unspecified atom stereocenters. The number of hydrogen-bond donors (Lipinski definition) is 1. The van der Waals surface area contributed by atoms with E-state index in [4.69, 9.17) is 0 Å². The molecule has 1 heteroatoms. The molecule has 2 fully saturated rings. The van der Waals surface area contributed by atoms with Gasteiger partial charge in [-0.25, -0.2) is 0 Å². The summed E-state index contributed by atoms with van der Waals surface area (Å²) >= 11 is 0.